The van der Waals surface area contributed by atoms with Gasteiger partial charge < -0.3 is 14.8 Å². The van der Waals surface area contributed by atoms with Gasteiger partial charge in [-0.2, -0.15) is 0 Å². The molecule has 0 saturated carbocycles. The summed E-state index contributed by atoms with van der Waals surface area (Å²) >= 11 is 0. The second-order valence-electron chi connectivity index (χ2n) is 4.77. The summed E-state index contributed by atoms with van der Waals surface area (Å²) in [7, 11) is 1.56. The Morgan fingerprint density at radius 2 is 1.83 bits per heavy atom. The third-order valence-electron chi connectivity index (χ3n) is 3.11. The first-order valence-corrected chi connectivity index (χ1v) is 6.81. The van der Waals surface area contributed by atoms with E-state index in [0.29, 0.717) is 22.7 Å². The second-order valence-corrected chi connectivity index (χ2v) is 4.77. The zero-order valence-corrected chi connectivity index (χ0v) is 12.7. The van der Waals surface area contributed by atoms with E-state index in [-0.39, 0.29) is 18.2 Å². The summed E-state index contributed by atoms with van der Waals surface area (Å²) in [6.07, 6.45) is 0. The van der Waals surface area contributed by atoms with E-state index in [1.54, 1.807) is 38.3 Å². The van der Waals surface area contributed by atoms with Gasteiger partial charge in [-0.3, -0.25) is 14.9 Å². The molecule has 0 aromatic heterocycles. The van der Waals surface area contributed by atoms with Gasteiger partial charge in [-0.15, -0.1) is 0 Å². The average molecular weight is 316 g/mol. The summed E-state index contributed by atoms with van der Waals surface area (Å²) in [5.74, 6) is 0.768. The lowest BCUT2D eigenvalue weighted by atomic mass is 10.2. The zero-order valence-electron chi connectivity index (χ0n) is 12.7. The highest BCUT2D eigenvalue weighted by Crippen LogP contribution is 2.23. The zero-order chi connectivity index (χ0) is 16.8. The number of rotatable bonds is 6. The number of methoxy groups -OCH3 is 1. The van der Waals surface area contributed by atoms with E-state index in [2.05, 4.69) is 5.32 Å². The molecule has 2 aromatic rings. The minimum atomic E-state index is -0.463. The van der Waals surface area contributed by atoms with Crippen molar-refractivity contribution in [3.8, 4) is 11.5 Å². The van der Waals surface area contributed by atoms with Crippen molar-refractivity contribution < 1.29 is 19.2 Å². The quantitative estimate of drug-likeness (QED) is 0.653. The number of nitro groups is 1. The Balaban J connectivity index is 1.91. The molecule has 2 aromatic carbocycles. The van der Waals surface area contributed by atoms with Crippen LogP contribution in [0.15, 0.2) is 42.5 Å². The maximum Gasteiger partial charge on any atom is 0.272 e. The number of ether oxygens (including phenoxy) is 2. The first kappa shape index (κ1) is 16.3. The average Bonchev–Trinajstić information content (AvgIpc) is 2.53. The van der Waals surface area contributed by atoms with E-state index in [4.69, 9.17) is 9.47 Å². The van der Waals surface area contributed by atoms with Crippen LogP contribution >= 0.6 is 0 Å². The number of nitro benzene ring substituents is 1. The fraction of sp³-hybridized carbons (Fsp3) is 0.188. The lowest BCUT2D eigenvalue weighted by Gasteiger charge is -2.08. The number of carbonyl (C=O) groups excluding carboxylic acids is 1. The first-order chi connectivity index (χ1) is 11.0. The van der Waals surface area contributed by atoms with Crippen LogP contribution in [0.3, 0.4) is 0 Å². The topological polar surface area (TPSA) is 90.7 Å². The Labute approximate surface area is 133 Å². The van der Waals surface area contributed by atoms with Gasteiger partial charge in [0.1, 0.15) is 11.5 Å². The molecule has 0 aliphatic heterocycles. The van der Waals surface area contributed by atoms with Crippen molar-refractivity contribution in [3.63, 3.8) is 0 Å². The van der Waals surface area contributed by atoms with Crippen LogP contribution in [-0.2, 0) is 4.79 Å². The Kier molecular flexibility index (Phi) is 5.14. The van der Waals surface area contributed by atoms with Crippen molar-refractivity contribution in [3.05, 3.63) is 58.1 Å². The molecule has 0 fully saturated rings. The van der Waals surface area contributed by atoms with Crippen LogP contribution in [0.4, 0.5) is 11.4 Å². The van der Waals surface area contributed by atoms with Gasteiger partial charge in [-0.25, -0.2) is 0 Å². The van der Waals surface area contributed by atoms with E-state index in [0.717, 1.165) is 0 Å². The van der Waals surface area contributed by atoms with Crippen LogP contribution in [0.1, 0.15) is 5.56 Å². The normalized spacial score (nSPS) is 10.0. The van der Waals surface area contributed by atoms with E-state index in [1.165, 1.54) is 18.2 Å². The standard InChI is InChI=1S/C16H16N2O5/c1-11-9-14(7-8-15(11)18(20)21)23-10-16(19)17-12-3-5-13(22-2)6-4-12/h3-9H,10H2,1-2H3,(H,17,19). The molecule has 1 N–H and O–H groups in total. The van der Waals surface area contributed by atoms with Crippen molar-refractivity contribution in [2.75, 3.05) is 19.0 Å². The van der Waals surface area contributed by atoms with Gasteiger partial charge in [0, 0.05) is 17.3 Å². The summed E-state index contributed by atoms with van der Waals surface area (Å²) in [4.78, 5) is 22.1. The van der Waals surface area contributed by atoms with Gasteiger partial charge in [0.25, 0.3) is 11.6 Å². The highest BCUT2D eigenvalue weighted by Gasteiger charge is 2.11. The fourth-order valence-electron chi connectivity index (χ4n) is 1.94. The SMILES string of the molecule is COc1ccc(NC(=O)COc2ccc([N+](=O)[O-])c(C)c2)cc1. The molecule has 0 radical (unpaired) electrons. The third-order valence-corrected chi connectivity index (χ3v) is 3.11. The number of hydrogen-bond acceptors (Lipinski definition) is 5. The van der Waals surface area contributed by atoms with Crippen LogP contribution in [0.25, 0.3) is 0 Å². The molecule has 7 nitrogen and oxygen atoms in total. The molecule has 2 rings (SSSR count). The molecule has 0 heterocycles. The van der Waals surface area contributed by atoms with Gasteiger partial charge in [0.05, 0.1) is 12.0 Å². The Bertz CT molecular complexity index is 713. The van der Waals surface area contributed by atoms with E-state index >= 15 is 0 Å². The van der Waals surface area contributed by atoms with Crippen LogP contribution in [0, 0.1) is 17.0 Å². The summed E-state index contributed by atoms with van der Waals surface area (Å²) in [6.45, 7) is 1.42. The maximum absolute atomic E-state index is 11.8. The second kappa shape index (κ2) is 7.26. The Hall–Kier alpha value is -3.09. The summed E-state index contributed by atoms with van der Waals surface area (Å²) in [5, 5.41) is 13.4. The molecule has 0 atom stereocenters. The van der Waals surface area contributed by atoms with Crippen LogP contribution < -0.4 is 14.8 Å². The molecular formula is C16H16N2O5. The lowest BCUT2D eigenvalue weighted by Crippen LogP contribution is -2.20. The van der Waals surface area contributed by atoms with Gasteiger partial charge in [0.2, 0.25) is 0 Å². The molecular weight excluding hydrogens is 300 g/mol. The third kappa shape index (κ3) is 4.44. The fourth-order valence-corrected chi connectivity index (χ4v) is 1.94. The lowest BCUT2D eigenvalue weighted by molar-refractivity contribution is -0.385. The van der Waals surface area contributed by atoms with Crippen molar-refractivity contribution in [1.82, 2.24) is 0 Å². The number of aryl methyl sites for hydroxylation is 1. The predicted molar refractivity (Wildman–Crippen MR) is 85.0 cm³/mol. The molecule has 120 valence electrons. The van der Waals surface area contributed by atoms with E-state index < -0.39 is 4.92 Å². The highest BCUT2D eigenvalue weighted by atomic mass is 16.6. The summed E-state index contributed by atoms with van der Waals surface area (Å²) in [6, 6.07) is 11.2. The summed E-state index contributed by atoms with van der Waals surface area (Å²) in [5.41, 5.74) is 1.11. The highest BCUT2D eigenvalue weighted by molar-refractivity contribution is 5.91. The predicted octanol–water partition coefficient (Wildman–Crippen LogP) is 2.93. The minimum absolute atomic E-state index is 0.0139. The van der Waals surface area contributed by atoms with Gasteiger partial charge >= 0.3 is 0 Å². The van der Waals surface area contributed by atoms with Gasteiger partial charge in [0.15, 0.2) is 6.61 Å². The van der Waals surface area contributed by atoms with Crippen molar-refractivity contribution >= 4 is 17.3 Å². The van der Waals surface area contributed by atoms with Gasteiger partial charge in [-0.05, 0) is 43.3 Å². The molecule has 0 bridgehead atoms. The number of hydrogen-bond donors (Lipinski definition) is 1. The van der Waals surface area contributed by atoms with Crippen molar-refractivity contribution in [2.24, 2.45) is 0 Å². The van der Waals surface area contributed by atoms with Gasteiger partial charge in [-0.1, -0.05) is 0 Å². The molecule has 0 aliphatic carbocycles. The molecule has 0 aliphatic rings. The summed E-state index contributed by atoms with van der Waals surface area (Å²) < 4.78 is 10.4. The molecule has 1 amide bonds. The minimum Gasteiger partial charge on any atom is -0.497 e. The van der Waals surface area contributed by atoms with Crippen LogP contribution in [0.5, 0.6) is 11.5 Å². The number of carbonyl (C=O) groups is 1. The molecule has 0 spiro atoms. The Morgan fingerprint density at radius 1 is 1.17 bits per heavy atom. The molecule has 23 heavy (non-hydrogen) atoms. The van der Waals surface area contributed by atoms with E-state index in [1.807, 2.05) is 0 Å². The molecule has 0 unspecified atom stereocenters. The number of anilines is 1. The number of nitrogens with one attached hydrogen (secondary N) is 1. The molecule has 0 saturated heterocycles. The van der Waals surface area contributed by atoms with Crippen molar-refractivity contribution in [2.45, 2.75) is 6.92 Å². The number of benzene rings is 2. The Morgan fingerprint density at radius 3 is 2.39 bits per heavy atom. The number of nitrogens with zero attached hydrogens (tertiary/aromatic N) is 1. The number of amides is 1. The first-order valence-electron chi connectivity index (χ1n) is 6.81. The van der Waals surface area contributed by atoms with E-state index in [9.17, 15) is 14.9 Å². The molecule has 7 heteroatoms. The maximum atomic E-state index is 11.8. The largest absolute Gasteiger partial charge is 0.497 e. The monoisotopic (exact) mass is 316 g/mol. The van der Waals surface area contributed by atoms with Crippen LogP contribution in [-0.4, -0.2) is 24.5 Å². The smallest absolute Gasteiger partial charge is 0.272 e. The van der Waals surface area contributed by atoms with Crippen LogP contribution in [0.2, 0.25) is 0 Å². The van der Waals surface area contributed by atoms with Crippen molar-refractivity contribution in [1.29, 1.82) is 0 Å².